The Hall–Kier alpha value is -2.69. The van der Waals surface area contributed by atoms with Gasteiger partial charge in [-0.05, 0) is 24.5 Å². The van der Waals surface area contributed by atoms with Crippen molar-refractivity contribution < 1.29 is 14.3 Å². The van der Waals surface area contributed by atoms with Gasteiger partial charge in [0.05, 0.1) is 25.6 Å². The van der Waals surface area contributed by atoms with Crippen LogP contribution in [-0.4, -0.2) is 24.0 Å². The number of carbonyl (C=O) groups excluding carboxylic acids is 2. The number of hydrogen-bond donors (Lipinski definition) is 1. The van der Waals surface area contributed by atoms with Crippen LogP contribution in [0.25, 0.3) is 11.3 Å². The number of anilines is 1. The third-order valence-electron chi connectivity index (χ3n) is 4.94. The molecule has 1 fully saturated rings. The molecule has 5 nitrogen and oxygen atoms in total. The Morgan fingerprint density at radius 1 is 1.21 bits per heavy atom. The van der Waals surface area contributed by atoms with E-state index >= 15 is 0 Å². The van der Waals surface area contributed by atoms with Gasteiger partial charge < -0.3 is 10.1 Å². The first-order valence-electron chi connectivity index (χ1n) is 8.07. The molecule has 0 radical (unpaired) electrons. The largest absolute Gasteiger partial charge is 0.469 e. The van der Waals surface area contributed by atoms with E-state index in [0.29, 0.717) is 18.7 Å². The molecule has 5 heteroatoms. The molecular formula is C19H18N2O3. The average molecular weight is 322 g/mol. The molecule has 1 aromatic heterocycles. The SMILES string of the molecule is COC(=O)CC1(c2ccc(-c3ccc4c(n3)NC(=O)C4)cc2)CC1. The van der Waals surface area contributed by atoms with Gasteiger partial charge in [0.2, 0.25) is 5.91 Å². The third-order valence-corrected chi connectivity index (χ3v) is 4.94. The van der Waals surface area contributed by atoms with E-state index < -0.39 is 0 Å². The van der Waals surface area contributed by atoms with Crippen LogP contribution >= 0.6 is 0 Å². The predicted molar refractivity (Wildman–Crippen MR) is 89.6 cm³/mol. The van der Waals surface area contributed by atoms with E-state index in [1.807, 2.05) is 24.3 Å². The minimum Gasteiger partial charge on any atom is -0.469 e. The lowest BCUT2D eigenvalue weighted by molar-refractivity contribution is -0.141. The second-order valence-electron chi connectivity index (χ2n) is 6.54. The summed E-state index contributed by atoms with van der Waals surface area (Å²) in [7, 11) is 1.43. The number of esters is 1. The quantitative estimate of drug-likeness (QED) is 0.879. The molecular weight excluding hydrogens is 304 g/mol. The Morgan fingerprint density at radius 2 is 1.96 bits per heavy atom. The number of fused-ring (bicyclic) bond motifs is 1. The monoisotopic (exact) mass is 322 g/mol. The zero-order chi connectivity index (χ0) is 16.7. The maximum atomic E-state index is 11.6. The number of methoxy groups -OCH3 is 1. The number of nitrogens with zero attached hydrogens (tertiary/aromatic N) is 1. The molecule has 1 aliphatic heterocycles. The minimum atomic E-state index is -0.160. The first kappa shape index (κ1) is 14.9. The van der Waals surface area contributed by atoms with Crippen molar-refractivity contribution in [3.63, 3.8) is 0 Å². The third kappa shape index (κ3) is 2.56. The summed E-state index contributed by atoms with van der Waals surface area (Å²) >= 11 is 0. The molecule has 2 heterocycles. The molecule has 1 aliphatic carbocycles. The number of nitrogens with one attached hydrogen (secondary N) is 1. The lowest BCUT2D eigenvalue weighted by Gasteiger charge is -2.14. The fourth-order valence-corrected chi connectivity index (χ4v) is 3.31. The summed E-state index contributed by atoms with van der Waals surface area (Å²) in [4.78, 5) is 27.6. The number of rotatable bonds is 4. The Bertz CT molecular complexity index is 823. The molecule has 1 amide bonds. The molecule has 0 bridgehead atoms. The summed E-state index contributed by atoms with van der Waals surface area (Å²) in [5.74, 6) is 0.488. The van der Waals surface area contributed by atoms with E-state index in [4.69, 9.17) is 4.74 Å². The lowest BCUT2D eigenvalue weighted by atomic mass is 9.91. The first-order valence-corrected chi connectivity index (χ1v) is 8.07. The van der Waals surface area contributed by atoms with Crippen LogP contribution in [0.2, 0.25) is 0 Å². The molecule has 2 aliphatic rings. The van der Waals surface area contributed by atoms with Crippen LogP contribution in [-0.2, 0) is 26.2 Å². The Kier molecular flexibility index (Phi) is 3.37. The van der Waals surface area contributed by atoms with Gasteiger partial charge in [-0.1, -0.05) is 30.3 Å². The Labute approximate surface area is 140 Å². The lowest BCUT2D eigenvalue weighted by Crippen LogP contribution is -2.14. The van der Waals surface area contributed by atoms with Gasteiger partial charge in [0.15, 0.2) is 0 Å². The van der Waals surface area contributed by atoms with Crippen molar-refractivity contribution in [2.75, 3.05) is 12.4 Å². The number of ether oxygens (including phenoxy) is 1. The van der Waals surface area contributed by atoms with Crippen molar-refractivity contribution in [1.82, 2.24) is 4.98 Å². The topological polar surface area (TPSA) is 68.3 Å². The van der Waals surface area contributed by atoms with Crippen LogP contribution in [0, 0.1) is 0 Å². The molecule has 1 saturated carbocycles. The van der Waals surface area contributed by atoms with Gasteiger partial charge >= 0.3 is 5.97 Å². The molecule has 24 heavy (non-hydrogen) atoms. The first-order chi connectivity index (χ1) is 11.6. The normalized spacial score (nSPS) is 17.1. The zero-order valence-corrected chi connectivity index (χ0v) is 13.5. The molecule has 0 unspecified atom stereocenters. The van der Waals surface area contributed by atoms with Crippen molar-refractivity contribution >= 4 is 17.7 Å². The van der Waals surface area contributed by atoms with E-state index in [1.165, 1.54) is 12.7 Å². The number of amides is 1. The van der Waals surface area contributed by atoms with E-state index in [2.05, 4.69) is 22.4 Å². The maximum absolute atomic E-state index is 11.6. The van der Waals surface area contributed by atoms with Crippen molar-refractivity contribution in [3.8, 4) is 11.3 Å². The standard InChI is InChI=1S/C19H18N2O3/c1-24-17(23)11-19(8-9-19)14-5-2-12(3-6-14)15-7-4-13-10-16(22)21-18(13)20-15/h2-7H,8-11H2,1H3,(H,20,21,22). The van der Waals surface area contributed by atoms with Gasteiger partial charge in [-0.25, -0.2) is 4.98 Å². The number of carbonyl (C=O) groups is 2. The van der Waals surface area contributed by atoms with Gasteiger partial charge in [0, 0.05) is 16.5 Å². The maximum Gasteiger partial charge on any atom is 0.306 e. The number of benzene rings is 1. The second-order valence-corrected chi connectivity index (χ2v) is 6.54. The molecule has 0 atom stereocenters. The highest BCUT2D eigenvalue weighted by molar-refractivity contribution is 5.98. The van der Waals surface area contributed by atoms with Crippen LogP contribution in [0.15, 0.2) is 36.4 Å². The van der Waals surface area contributed by atoms with Crippen molar-refractivity contribution in [3.05, 3.63) is 47.5 Å². The molecule has 4 rings (SSSR count). The highest BCUT2D eigenvalue weighted by atomic mass is 16.5. The van der Waals surface area contributed by atoms with E-state index in [-0.39, 0.29) is 17.3 Å². The molecule has 1 aromatic carbocycles. The Morgan fingerprint density at radius 3 is 2.62 bits per heavy atom. The molecule has 0 spiro atoms. The van der Waals surface area contributed by atoms with Crippen LogP contribution in [0.1, 0.15) is 30.4 Å². The van der Waals surface area contributed by atoms with Gasteiger partial charge in [-0.2, -0.15) is 0 Å². The average Bonchev–Trinajstić information content (AvgIpc) is 3.27. The van der Waals surface area contributed by atoms with Crippen molar-refractivity contribution in [2.45, 2.75) is 31.1 Å². The minimum absolute atomic E-state index is 0.0107. The molecule has 2 aromatic rings. The predicted octanol–water partition coefficient (Wildman–Crippen LogP) is 2.84. The summed E-state index contributed by atoms with van der Waals surface area (Å²) in [6.07, 6.45) is 2.87. The van der Waals surface area contributed by atoms with E-state index in [0.717, 1.165) is 29.7 Å². The number of hydrogen-bond acceptors (Lipinski definition) is 4. The van der Waals surface area contributed by atoms with Crippen LogP contribution in [0.3, 0.4) is 0 Å². The Balaban J connectivity index is 1.58. The van der Waals surface area contributed by atoms with Gasteiger partial charge in [-0.15, -0.1) is 0 Å². The zero-order valence-electron chi connectivity index (χ0n) is 13.5. The van der Waals surface area contributed by atoms with E-state index in [9.17, 15) is 9.59 Å². The van der Waals surface area contributed by atoms with Crippen LogP contribution in [0.4, 0.5) is 5.82 Å². The molecule has 1 N–H and O–H groups in total. The van der Waals surface area contributed by atoms with E-state index in [1.54, 1.807) is 0 Å². The fraction of sp³-hybridized carbons (Fsp3) is 0.316. The number of aromatic nitrogens is 1. The molecule has 122 valence electrons. The summed E-state index contributed by atoms with van der Waals surface area (Å²) in [5.41, 5.74) is 3.89. The highest BCUT2D eigenvalue weighted by Crippen LogP contribution is 2.51. The smallest absolute Gasteiger partial charge is 0.306 e. The molecule has 0 saturated heterocycles. The summed E-state index contributed by atoms with van der Waals surface area (Å²) in [6, 6.07) is 12.1. The van der Waals surface area contributed by atoms with Gasteiger partial charge in [-0.3, -0.25) is 9.59 Å². The van der Waals surface area contributed by atoms with Gasteiger partial charge in [0.1, 0.15) is 5.82 Å². The summed E-state index contributed by atoms with van der Waals surface area (Å²) in [6.45, 7) is 0. The summed E-state index contributed by atoms with van der Waals surface area (Å²) in [5, 5.41) is 2.78. The second kappa shape index (κ2) is 5.44. The fourth-order valence-electron chi connectivity index (χ4n) is 3.31. The van der Waals surface area contributed by atoms with Crippen molar-refractivity contribution in [1.29, 1.82) is 0 Å². The highest BCUT2D eigenvalue weighted by Gasteiger charge is 2.46. The van der Waals surface area contributed by atoms with Gasteiger partial charge in [0.25, 0.3) is 0 Å². The van der Waals surface area contributed by atoms with Crippen LogP contribution < -0.4 is 5.32 Å². The van der Waals surface area contributed by atoms with Crippen LogP contribution in [0.5, 0.6) is 0 Å². The van der Waals surface area contributed by atoms with Crippen molar-refractivity contribution in [2.24, 2.45) is 0 Å². The number of pyridine rings is 1. The summed E-state index contributed by atoms with van der Waals surface area (Å²) < 4.78 is 4.81.